The molecule has 2 heterocycles. The van der Waals surface area contributed by atoms with Gasteiger partial charge in [-0.25, -0.2) is 0 Å². The van der Waals surface area contributed by atoms with Gasteiger partial charge in [0.2, 0.25) is 0 Å². The lowest BCUT2D eigenvalue weighted by atomic mass is 9.66. The van der Waals surface area contributed by atoms with Crippen LogP contribution < -0.4 is 4.74 Å². The molecule has 0 fully saturated rings. The van der Waals surface area contributed by atoms with E-state index >= 15 is 0 Å². The van der Waals surface area contributed by atoms with E-state index in [9.17, 15) is 0 Å². The first-order chi connectivity index (χ1) is 12.8. The topological polar surface area (TPSA) is 34.5 Å². The van der Waals surface area contributed by atoms with Gasteiger partial charge in [0.15, 0.2) is 0 Å². The number of aromatic nitrogens is 1. The number of hydrogen-bond acceptors (Lipinski definition) is 3. The van der Waals surface area contributed by atoms with E-state index in [1.165, 1.54) is 11.1 Å². The van der Waals surface area contributed by atoms with E-state index in [4.69, 9.17) is 9.73 Å². The van der Waals surface area contributed by atoms with Gasteiger partial charge in [0, 0.05) is 28.1 Å². The van der Waals surface area contributed by atoms with Gasteiger partial charge in [0.25, 0.3) is 0 Å². The summed E-state index contributed by atoms with van der Waals surface area (Å²) in [6.45, 7) is 11.6. The van der Waals surface area contributed by atoms with E-state index in [1.54, 1.807) is 6.20 Å². The monoisotopic (exact) mass is 358 g/mol. The number of ether oxygens (including phenoxy) is 1. The molecule has 3 nitrogen and oxygen atoms in total. The van der Waals surface area contributed by atoms with Crippen LogP contribution in [0, 0.1) is 0 Å². The summed E-state index contributed by atoms with van der Waals surface area (Å²) in [5, 5.41) is 1.03. The van der Waals surface area contributed by atoms with Gasteiger partial charge in [-0.05, 0) is 44.5 Å². The van der Waals surface area contributed by atoms with E-state index in [0.29, 0.717) is 6.61 Å². The molecule has 0 aliphatic carbocycles. The van der Waals surface area contributed by atoms with Crippen molar-refractivity contribution in [3.05, 3.63) is 71.4 Å². The molecule has 0 saturated carbocycles. The fourth-order valence-corrected chi connectivity index (χ4v) is 3.81. The summed E-state index contributed by atoms with van der Waals surface area (Å²) >= 11 is 0. The number of hydrogen-bond donors (Lipinski definition) is 0. The molecule has 4 rings (SSSR count). The Morgan fingerprint density at radius 1 is 0.963 bits per heavy atom. The fourth-order valence-electron chi connectivity index (χ4n) is 3.81. The zero-order chi connectivity index (χ0) is 19.2. The van der Waals surface area contributed by atoms with Gasteiger partial charge in [-0.1, -0.05) is 44.2 Å². The highest BCUT2D eigenvalue weighted by molar-refractivity contribution is 6.16. The summed E-state index contributed by atoms with van der Waals surface area (Å²) in [5.41, 5.74) is 5.40. The Morgan fingerprint density at radius 3 is 2.52 bits per heavy atom. The Kier molecular flexibility index (Phi) is 4.06. The second-order valence-electron chi connectivity index (χ2n) is 8.16. The number of fused-ring (bicyclic) bond motifs is 2. The van der Waals surface area contributed by atoms with Gasteiger partial charge < -0.3 is 4.74 Å². The molecule has 0 radical (unpaired) electrons. The highest BCUT2D eigenvalue weighted by atomic mass is 16.5. The van der Waals surface area contributed by atoms with Crippen LogP contribution in [-0.2, 0) is 5.41 Å². The van der Waals surface area contributed by atoms with Gasteiger partial charge in [0.1, 0.15) is 5.75 Å². The largest absolute Gasteiger partial charge is 0.493 e. The summed E-state index contributed by atoms with van der Waals surface area (Å²) in [4.78, 5) is 9.70. The third-order valence-corrected chi connectivity index (χ3v) is 6.05. The van der Waals surface area contributed by atoms with Crippen molar-refractivity contribution in [2.45, 2.75) is 45.6 Å². The predicted molar refractivity (Wildman–Crippen MR) is 112 cm³/mol. The Hall–Kier alpha value is -2.68. The van der Waals surface area contributed by atoms with E-state index in [0.717, 1.165) is 27.9 Å². The molecule has 1 aromatic heterocycles. The van der Waals surface area contributed by atoms with Gasteiger partial charge in [-0.2, -0.15) is 0 Å². The molecular formula is C24H26N2O. The molecular weight excluding hydrogens is 332 g/mol. The first kappa shape index (κ1) is 17.7. The number of aliphatic imine (C=N–C) groups is 1. The molecule has 0 bridgehead atoms. The molecule has 0 N–H and O–H groups in total. The van der Waals surface area contributed by atoms with Crippen molar-refractivity contribution < 1.29 is 4.74 Å². The highest BCUT2D eigenvalue weighted by Gasteiger charge is 2.43. The molecule has 0 saturated heterocycles. The fraction of sp³-hybridized carbons (Fsp3) is 0.333. The van der Waals surface area contributed by atoms with Crippen LogP contribution >= 0.6 is 0 Å². The Balaban J connectivity index is 1.95. The number of rotatable bonds is 3. The Bertz CT molecular complexity index is 1050. The minimum absolute atomic E-state index is 0.0397. The lowest BCUT2D eigenvalue weighted by Gasteiger charge is -2.44. The zero-order valence-electron chi connectivity index (χ0n) is 16.7. The number of nitrogens with zero attached hydrogens (tertiary/aromatic N) is 2. The van der Waals surface area contributed by atoms with Crippen molar-refractivity contribution >= 4 is 16.6 Å². The maximum Gasteiger partial charge on any atom is 0.130 e. The van der Waals surface area contributed by atoms with Crippen LogP contribution in [0.5, 0.6) is 5.75 Å². The molecule has 138 valence electrons. The summed E-state index contributed by atoms with van der Waals surface area (Å²) in [7, 11) is 0. The van der Waals surface area contributed by atoms with Crippen LogP contribution in [0.25, 0.3) is 10.9 Å². The van der Waals surface area contributed by atoms with E-state index in [-0.39, 0.29) is 11.0 Å². The highest BCUT2D eigenvalue weighted by Crippen LogP contribution is 2.44. The molecule has 0 atom stereocenters. The van der Waals surface area contributed by atoms with Crippen molar-refractivity contribution in [2.75, 3.05) is 6.61 Å². The van der Waals surface area contributed by atoms with E-state index < -0.39 is 0 Å². The maximum absolute atomic E-state index is 5.83. The van der Waals surface area contributed by atoms with Gasteiger partial charge >= 0.3 is 0 Å². The van der Waals surface area contributed by atoms with Crippen LogP contribution in [0.1, 0.15) is 51.3 Å². The van der Waals surface area contributed by atoms with Gasteiger partial charge in [-0.3, -0.25) is 9.98 Å². The minimum atomic E-state index is -0.205. The summed E-state index contributed by atoms with van der Waals surface area (Å²) in [6, 6.07) is 16.9. The standard InChI is InChI=1S/C24H26N2O/c1-6-27-21-13-14-25-20-12-11-16(15-18(20)21)22-17-9-7-8-10-19(17)23(2,3)24(4,5)26-22/h7-15H,6H2,1-5H3. The van der Waals surface area contributed by atoms with Crippen molar-refractivity contribution in [3.8, 4) is 5.75 Å². The summed E-state index contributed by atoms with van der Waals surface area (Å²) < 4.78 is 5.83. The predicted octanol–water partition coefficient (Wildman–Crippen LogP) is 5.54. The van der Waals surface area contributed by atoms with Crippen LogP contribution in [0.15, 0.2) is 59.7 Å². The van der Waals surface area contributed by atoms with Crippen LogP contribution in [0.3, 0.4) is 0 Å². The molecule has 2 aromatic carbocycles. The van der Waals surface area contributed by atoms with Crippen LogP contribution in [0.2, 0.25) is 0 Å². The molecule has 0 unspecified atom stereocenters. The van der Waals surface area contributed by atoms with Crippen LogP contribution in [-0.4, -0.2) is 22.8 Å². The van der Waals surface area contributed by atoms with Crippen molar-refractivity contribution in [1.29, 1.82) is 0 Å². The first-order valence-corrected chi connectivity index (χ1v) is 9.57. The lowest BCUT2D eigenvalue weighted by molar-refractivity contribution is 0.303. The first-order valence-electron chi connectivity index (χ1n) is 9.57. The van der Waals surface area contributed by atoms with Crippen LogP contribution in [0.4, 0.5) is 0 Å². The Labute approximate surface area is 161 Å². The lowest BCUT2D eigenvalue weighted by Crippen LogP contribution is -2.46. The van der Waals surface area contributed by atoms with Gasteiger partial charge in [-0.15, -0.1) is 0 Å². The zero-order valence-corrected chi connectivity index (χ0v) is 16.7. The molecule has 3 heteroatoms. The molecule has 1 aliphatic heterocycles. The van der Waals surface area contributed by atoms with E-state index in [2.05, 4.69) is 75.1 Å². The molecule has 0 spiro atoms. The average molecular weight is 358 g/mol. The van der Waals surface area contributed by atoms with E-state index in [1.807, 2.05) is 13.0 Å². The average Bonchev–Trinajstić information content (AvgIpc) is 2.65. The second-order valence-corrected chi connectivity index (χ2v) is 8.16. The summed E-state index contributed by atoms with van der Waals surface area (Å²) in [6.07, 6.45) is 1.80. The third-order valence-electron chi connectivity index (χ3n) is 6.05. The molecule has 27 heavy (non-hydrogen) atoms. The smallest absolute Gasteiger partial charge is 0.130 e. The molecule has 1 aliphatic rings. The summed E-state index contributed by atoms with van der Waals surface area (Å²) in [5.74, 6) is 0.869. The van der Waals surface area contributed by atoms with Crippen molar-refractivity contribution in [1.82, 2.24) is 4.98 Å². The van der Waals surface area contributed by atoms with Crippen molar-refractivity contribution in [3.63, 3.8) is 0 Å². The third kappa shape index (κ3) is 2.73. The van der Waals surface area contributed by atoms with Crippen molar-refractivity contribution in [2.24, 2.45) is 4.99 Å². The quantitative estimate of drug-likeness (QED) is 0.616. The SMILES string of the molecule is CCOc1ccnc2ccc(C3=NC(C)(C)C(C)(C)c4ccccc43)cc12. The number of benzene rings is 2. The normalized spacial score (nSPS) is 17.3. The minimum Gasteiger partial charge on any atom is -0.493 e. The molecule has 0 amide bonds. The number of pyridine rings is 1. The van der Waals surface area contributed by atoms with Gasteiger partial charge in [0.05, 0.1) is 23.4 Å². The molecule has 3 aromatic rings. The second kappa shape index (κ2) is 6.19. The maximum atomic E-state index is 5.83. The Morgan fingerprint density at radius 2 is 1.74 bits per heavy atom.